The molecule has 0 saturated heterocycles. The van der Waals surface area contributed by atoms with Gasteiger partial charge in [0.15, 0.2) is 0 Å². The third-order valence-electron chi connectivity index (χ3n) is 3.24. The summed E-state index contributed by atoms with van der Waals surface area (Å²) in [5, 5.41) is 7.06. The Balaban J connectivity index is 1.80. The third kappa shape index (κ3) is 5.79. The molecule has 0 radical (unpaired) electrons. The molecule has 0 atom stereocenters. The number of hydrogen-bond donors (Lipinski definition) is 2. The van der Waals surface area contributed by atoms with Crippen LogP contribution in [0.15, 0.2) is 65.3 Å². The van der Waals surface area contributed by atoms with Crippen molar-refractivity contribution in [3.8, 4) is 0 Å². The molecule has 0 fully saturated rings. The summed E-state index contributed by atoms with van der Waals surface area (Å²) in [6.07, 6.45) is 3.64. The van der Waals surface area contributed by atoms with Gasteiger partial charge in [0.1, 0.15) is 0 Å². The molecule has 0 aliphatic heterocycles. The Hall–Kier alpha value is -2.88. The van der Waals surface area contributed by atoms with E-state index in [-0.39, 0.29) is 12.5 Å². The Morgan fingerprint density at radius 3 is 2.52 bits per heavy atom. The maximum Gasteiger partial charge on any atom is 0.259 e. The van der Waals surface area contributed by atoms with Gasteiger partial charge in [-0.2, -0.15) is 5.10 Å². The monoisotopic (exact) mass is 307 g/mol. The zero-order valence-electron chi connectivity index (χ0n) is 13.4. The molecule has 23 heavy (non-hydrogen) atoms. The van der Waals surface area contributed by atoms with Gasteiger partial charge >= 0.3 is 0 Å². The van der Waals surface area contributed by atoms with Crippen LogP contribution in [0.3, 0.4) is 0 Å². The number of anilines is 1. The average Bonchev–Trinajstić information content (AvgIpc) is 2.55. The summed E-state index contributed by atoms with van der Waals surface area (Å²) in [6.45, 7) is 4.12. The van der Waals surface area contributed by atoms with E-state index in [0.29, 0.717) is 0 Å². The van der Waals surface area contributed by atoms with Gasteiger partial charge in [0.2, 0.25) is 0 Å². The Kier molecular flexibility index (Phi) is 6.12. The van der Waals surface area contributed by atoms with Crippen LogP contribution < -0.4 is 10.7 Å². The van der Waals surface area contributed by atoms with Crippen molar-refractivity contribution in [3.63, 3.8) is 0 Å². The number of hydrazone groups is 1. The van der Waals surface area contributed by atoms with Gasteiger partial charge in [-0.25, -0.2) is 5.43 Å². The molecule has 1 amide bonds. The van der Waals surface area contributed by atoms with Crippen molar-refractivity contribution in [2.24, 2.45) is 5.10 Å². The number of para-hydroxylation sites is 1. The van der Waals surface area contributed by atoms with E-state index in [1.807, 2.05) is 74.5 Å². The summed E-state index contributed by atoms with van der Waals surface area (Å²) >= 11 is 0. The maximum absolute atomic E-state index is 11.8. The highest BCUT2D eigenvalue weighted by molar-refractivity contribution is 5.87. The van der Waals surface area contributed by atoms with Gasteiger partial charge in [-0.3, -0.25) is 4.79 Å². The van der Waals surface area contributed by atoms with Gasteiger partial charge in [-0.15, -0.1) is 0 Å². The fraction of sp³-hybridized carbons (Fsp3) is 0.158. The first kappa shape index (κ1) is 16.5. The van der Waals surface area contributed by atoms with Gasteiger partial charge in [0.05, 0.1) is 12.8 Å². The van der Waals surface area contributed by atoms with Crippen molar-refractivity contribution in [2.45, 2.75) is 13.8 Å². The van der Waals surface area contributed by atoms with Crippen LogP contribution in [0.25, 0.3) is 6.08 Å². The highest BCUT2D eigenvalue weighted by Gasteiger charge is 2.00. The number of benzene rings is 2. The summed E-state index contributed by atoms with van der Waals surface area (Å²) in [6, 6.07) is 17.8. The molecule has 0 aliphatic carbocycles. The fourth-order valence-corrected chi connectivity index (χ4v) is 2.04. The number of nitrogens with one attached hydrogen (secondary N) is 2. The molecule has 0 aromatic heterocycles. The van der Waals surface area contributed by atoms with Crippen molar-refractivity contribution in [1.82, 2.24) is 5.43 Å². The van der Waals surface area contributed by atoms with Crippen molar-refractivity contribution in [3.05, 3.63) is 71.3 Å². The van der Waals surface area contributed by atoms with Gasteiger partial charge < -0.3 is 5.32 Å². The third-order valence-corrected chi connectivity index (χ3v) is 3.24. The molecule has 4 nitrogen and oxygen atoms in total. The van der Waals surface area contributed by atoms with Crippen molar-refractivity contribution >= 4 is 23.9 Å². The van der Waals surface area contributed by atoms with Crippen LogP contribution in [0, 0.1) is 6.92 Å². The number of amides is 1. The quantitative estimate of drug-likeness (QED) is 0.632. The van der Waals surface area contributed by atoms with Gasteiger partial charge in [0, 0.05) is 5.69 Å². The smallest absolute Gasteiger partial charge is 0.259 e. The number of allylic oxidation sites excluding steroid dienone is 1. The predicted octanol–water partition coefficient (Wildman–Crippen LogP) is 3.61. The van der Waals surface area contributed by atoms with E-state index in [1.54, 1.807) is 6.21 Å². The molecule has 2 aromatic rings. The number of rotatable bonds is 6. The topological polar surface area (TPSA) is 53.5 Å². The van der Waals surface area contributed by atoms with Gasteiger partial charge in [-0.1, -0.05) is 54.6 Å². The van der Waals surface area contributed by atoms with Crippen LogP contribution in [-0.4, -0.2) is 18.7 Å². The number of hydrogen-bond acceptors (Lipinski definition) is 3. The van der Waals surface area contributed by atoms with Gasteiger partial charge in [0.25, 0.3) is 5.91 Å². The second-order valence-corrected chi connectivity index (χ2v) is 5.26. The molecule has 118 valence electrons. The lowest BCUT2D eigenvalue weighted by Crippen LogP contribution is -2.26. The molecule has 2 N–H and O–H groups in total. The number of carbonyl (C=O) groups is 1. The molecule has 4 heteroatoms. The number of carbonyl (C=O) groups excluding carboxylic acids is 1. The van der Waals surface area contributed by atoms with Crippen LogP contribution in [0.2, 0.25) is 0 Å². The summed E-state index contributed by atoms with van der Waals surface area (Å²) in [5.74, 6) is -0.183. The molecule has 0 bridgehead atoms. The summed E-state index contributed by atoms with van der Waals surface area (Å²) in [5.41, 5.74) is 6.63. The standard InChI is InChI=1S/C19H21N3O/c1-15(12-17-9-4-3-5-10-17)13-21-22-19(23)14-20-18-11-7-6-8-16(18)2/h3-13,20H,14H2,1-2H3,(H,22,23)/b15-12+,21-13+. The molecule has 2 rings (SSSR count). The minimum absolute atomic E-state index is 0.183. The number of nitrogens with zero attached hydrogens (tertiary/aromatic N) is 1. The first-order valence-corrected chi connectivity index (χ1v) is 7.50. The van der Waals surface area contributed by atoms with Crippen LogP contribution in [0.5, 0.6) is 0 Å². The second kappa shape index (κ2) is 8.54. The predicted molar refractivity (Wildman–Crippen MR) is 96.4 cm³/mol. The highest BCUT2D eigenvalue weighted by Crippen LogP contribution is 2.12. The number of aryl methyl sites for hydroxylation is 1. The molecule has 0 heterocycles. The molecular formula is C19H21N3O. The fourth-order valence-electron chi connectivity index (χ4n) is 2.04. The molecule has 2 aromatic carbocycles. The molecule has 0 spiro atoms. The first-order chi connectivity index (χ1) is 11.1. The molecule has 0 unspecified atom stereocenters. The summed E-state index contributed by atoms with van der Waals surface area (Å²) < 4.78 is 0. The zero-order chi connectivity index (χ0) is 16.5. The van der Waals surface area contributed by atoms with Crippen LogP contribution in [0.1, 0.15) is 18.1 Å². The molecule has 0 aliphatic rings. The SMILES string of the molecule is CC(/C=N/NC(=O)CNc1ccccc1C)=C\c1ccccc1. The van der Waals surface area contributed by atoms with E-state index in [0.717, 1.165) is 22.4 Å². The van der Waals surface area contributed by atoms with E-state index in [1.165, 1.54) is 0 Å². The first-order valence-electron chi connectivity index (χ1n) is 7.50. The maximum atomic E-state index is 11.8. The normalized spacial score (nSPS) is 11.5. The Morgan fingerprint density at radius 2 is 1.78 bits per heavy atom. The molecular weight excluding hydrogens is 286 g/mol. The minimum atomic E-state index is -0.183. The van der Waals surface area contributed by atoms with Crippen LogP contribution in [0.4, 0.5) is 5.69 Å². The highest BCUT2D eigenvalue weighted by atomic mass is 16.2. The van der Waals surface area contributed by atoms with Gasteiger partial charge in [-0.05, 0) is 36.6 Å². The Morgan fingerprint density at radius 1 is 1.09 bits per heavy atom. The lowest BCUT2D eigenvalue weighted by Gasteiger charge is -2.07. The van der Waals surface area contributed by atoms with E-state index in [9.17, 15) is 4.79 Å². The lowest BCUT2D eigenvalue weighted by atomic mass is 10.1. The van der Waals surface area contributed by atoms with Crippen molar-refractivity contribution < 1.29 is 4.79 Å². The van der Waals surface area contributed by atoms with Crippen molar-refractivity contribution in [1.29, 1.82) is 0 Å². The summed E-state index contributed by atoms with van der Waals surface area (Å²) in [4.78, 5) is 11.8. The lowest BCUT2D eigenvalue weighted by molar-refractivity contribution is -0.119. The van der Waals surface area contributed by atoms with Crippen molar-refractivity contribution in [2.75, 3.05) is 11.9 Å². The van der Waals surface area contributed by atoms with E-state index in [2.05, 4.69) is 15.8 Å². The second-order valence-electron chi connectivity index (χ2n) is 5.26. The van der Waals surface area contributed by atoms with Crippen LogP contribution in [-0.2, 0) is 4.79 Å². The Labute approximate surface area is 136 Å². The molecule has 0 saturated carbocycles. The van der Waals surface area contributed by atoms with E-state index < -0.39 is 0 Å². The van der Waals surface area contributed by atoms with E-state index in [4.69, 9.17) is 0 Å². The van der Waals surface area contributed by atoms with Crippen LogP contribution >= 0.6 is 0 Å². The van der Waals surface area contributed by atoms with E-state index >= 15 is 0 Å². The Bertz CT molecular complexity index is 706. The zero-order valence-corrected chi connectivity index (χ0v) is 13.4. The average molecular weight is 307 g/mol. The summed E-state index contributed by atoms with van der Waals surface area (Å²) in [7, 11) is 0. The minimum Gasteiger partial charge on any atom is -0.376 e. The largest absolute Gasteiger partial charge is 0.376 e.